The number of nitrogens with zero attached hydrogens (tertiary/aromatic N) is 1. The van der Waals surface area contributed by atoms with Crippen LogP contribution in [0.1, 0.15) is 34.0 Å². The Kier molecular flexibility index (Phi) is 2.45. The van der Waals surface area contributed by atoms with Crippen LogP contribution in [0.25, 0.3) is 10.9 Å². The molecule has 4 heteroatoms. The number of rotatable bonds is 1. The van der Waals surface area contributed by atoms with Crippen molar-refractivity contribution in [3.63, 3.8) is 0 Å². The number of benzene rings is 1. The number of likely N-dealkylation sites (tertiary alicyclic amines) is 1. The first kappa shape index (κ1) is 12.0. The lowest BCUT2D eigenvalue weighted by molar-refractivity contribution is 0.0994. The van der Waals surface area contributed by atoms with E-state index in [2.05, 4.69) is 35.5 Å². The monoisotopic (exact) mass is 268 g/mol. The Morgan fingerprint density at radius 3 is 3.10 bits per heavy atom. The summed E-state index contributed by atoms with van der Waals surface area (Å²) in [5.41, 5.74) is 9.64. The molecule has 1 aromatic carbocycles. The summed E-state index contributed by atoms with van der Waals surface area (Å²) in [6.07, 6.45) is 4.38. The van der Waals surface area contributed by atoms with Gasteiger partial charge in [-0.05, 0) is 43.5 Å². The number of nitrogens with two attached hydrogens (primary N) is 1. The number of carbonyl (C=O) groups is 1. The number of likely N-dealkylation sites (N-methyl/N-ethyl adjacent to an activating group) is 1. The number of amides is 1. The number of primary amides is 1. The van der Waals surface area contributed by atoms with E-state index < -0.39 is 0 Å². The normalized spacial score (nSPS) is 25.6. The summed E-state index contributed by atoms with van der Waals surface area (Å²) in [5.74, 6) is 0.173. The number of fused-ring (bicyclic) bond motifs is 2. The average Bonchev–Trinajstić information content (AvgIpc) is 2.81. The Morgan fingerprint density at radius 2 is 2.30 bits per heavy atom. The molecule has 2 aromatic rings. The third kappa shape index (κ3) is 1.48. The highest BCUT2D eigenvalue weighted by Crippen LogP contribution is 2.43. The molecule has 0 spiro atoms. The van der Waals surface area contributed by atoms with Crippen molar-refractivity contribution in [2.45, 2.75) is 24.8 Å². The lowest BCUT2D eigenvalue weighted by Gasteiger charge is -2.42. The van der Waals surface area contributed by atoms with E-state index >= 15 is 0 Å². The molecule has 4 nitrogen and oxygen atoms in total. The van der Waals surface area contributed by atoms with Gasteiger partial charge in [0.15, 0.2) is 0 Å². The van der Waals surface area contributed by atoms with E-state index in [1.807, 2.05) is 6.07 Å². The zero-order valence-electron chi connectivity index (χ0n) is 11.5. The highest BCUT2D eigenvalue weighted by atomic mass is 16.1. The summed E-state index contributed by atoms with van der Waals surface area (Å²) >= 11 is 0. The Labute approximate surface area is 117 Å². The van der Waals surface area contributed by atoms with Crippen LogP contribution in [0, 0.1) is 6.42 Å². The van der Waals surface area contributed by atoms with Gasteiger partial charge in [-0.1, -0.05) is 12.1 Å². The van der Waals surface area contributed by atoms with E-state index in [1.54, 1.807) is 0 Å². The lowest BCUT2D eigenvalue weighted by Crippen LogP contribution is -2.44. The fraction of sp³-hybridized carbons (Fsp3) is 0.375. The number of aromatic nitrogens is 1. The summed E-state index contributed by atoms with van der Waals surface area (Å²) in [7, 11) is 2.16. The maximum Gasteiger partial charge on any atom is 0.265 e. The first-order valence-electron chi connectivity index (χ1n) is 7.12. The van der Waals surface area contributed by atoms with Gasteiger partial charge in [0.25, 0.3) is 5.91 Å². The molecular formula is C16H18N3O. The maximum atomic E-state index is 11.7. The molecule has 103 valence electrons. The number of hydrogen-bond acceptors (Lipinski definition) is 2. The minimum absolute atomic E-state index is 0.356. The molecule has 3 N–H and O–H groups in total. The van der Waals surface area contributed by atoms with Crippen molar-refractivity contribution in [2.24, 2.45) is 5.73 Å². The number of hydrogen-bond donors (Lipinski definition) is 2. The Morgan fingerprint density at radius 1 is 1.45 bits per heavy atom. The van der Waals surface area contributed by atoms with Crippen molar-refractivity contribution in [3.05, 3.63) is 41.4 Å². The Hall–Kier alpha value is -1.81. The van der Waals surface area contributed by atoms with Crippen molar-refractivity contribution in [3.8, 4) is 0 Å². The van der Waals surface area contributed by atoms with Gasteiger partial charge in [-0.25, -0.2) is 0 Å². The number of aromatic amines is 1. The molecule has 1 aliphatic heterocycles. The molecule has 4 rings (SSSR count). The van der Waals surface area contributed by atoms with Gasteiger partial charge in [0.1, 0.15) is 5.69 Å². The van der Waals surface area contributed by atoms with Gasteiger partial charge in [-0.15, -0.1) is 0 Å². The molecule has 0 saturated carbocycles. The van der Waals surface area contributed by atoms with E-state index in [4.69, 9.17) is 5.73 Å². The second-order valence-electron chi connectivity index (χ2n) is 5.95. The second kappa shape index (κ2) is 4.09. The van der Waals surface area contributed by atoms with Crippen molar-refractivity contribution < 1.29 is 4.79 Å². The second-order valence-corrected chi connectivity index (χ2v) is 5.95. The summed E-state index contributed by atoms with van der Waals surface area (Å²) in [6, 6.07) is 6.77. The molecule has 1 saturated heterocycles. The molecule has 2 atom stereocenters. The van der Waals surface area contributed by atoms with Crippen molar-refractivity contribution >= 4 is 16.8 Å². The fourth-order valence-electron chi connectivity index (χ4n) is 3.97. The molecule has 1 aromatic heterocycles. The standard InChI is InChI=1S/C16H18N3O/c1-19-7-3-5-9-10-4-2-6-12-14(10)11(8-13(9)19)15(18-12)16(17)20/h2-4,6,9,13,18H,5,7-8H2,1H3,(H2,17,20)/t9?,13-/m1/s1. The zero-order valence-corrected chi connectivity index (χ0v) is 11.5. The number of H-pyrrole nitrogens is 1. The number of carbonyl (C=O) groups excluding carboxylic acids is 1. The van der Waals surface area contributed by atoms with Crippen molar-refractivity contribution in [1.82, 2.24) is 9.88 Å². The van der Waals surface area contributed by atoms with Gasteiger partial charge >= 0.3 is 0 Å². The van der Waals surface area contributed by atoms with E-state index in [1.165, 1.54) is 10.9 Å². The third-order valence-electron chi connectivity index (χ3n) is 4.89. The molecule has 1 amide bonds. The number of piperidine rings is 1. The van der Waals surface area contributed by atoms with Crippen LogP contribution in [0.5, 0.6) is 0 Å². The molecular weight excluding hydrogens is 250 g/mol. The minimum Gasteiger partial charge on any atom is -0.364 e. The SMILES string of the molecule is CN1C[CH]CC2c3cccc4[nH]c(C(N)=O)c(c34)C[C@H]21. The van der Waals surface area contributed by atoms with Gasteiger partial charge in [-0.2, -0.15) is 0 Å². The maximum absolute atomic E-state index is 11.7. The predicted molar refractivity (Wildman–Crippen MR) is 78.6 cm³/mol. The highest BCUT2D eigenvalue weighted by molar-refractivity contribution is 6.02. The van der Waals surface area contributed by atoms with Crippen LogP contribution < -0.4 is 5.73 Å². The van der Waals surface area contributed by atoms with E-state index in [0.717, 1.165) is 30.5 Å². The van der Waals surface area contributed by atoms with Crippen LogP contribution in [-0.4, -0.2) is 35.4 Å². The van der Waals surface area contributed by atoms with Crippen molar-refractivity contribution in [1.29, 1.82) is 0 Å². The Balaban J connectivity index is 1.99. The van der Waals surface area contributed by atoms with Crippen LogP contribution in [0.2, 0.25) is 0 Å². The largest absolute Gasteiger partial charge is 0.364 e. The molecule has 1 radical (unpaired) electrons. The van der Waals surface area contributed by atoms with E-state index in [-0.39, 0.29) is 5.91 Å². The third-order valence-corrected chi connectivity index (χ3v) is 4.89. The summed E-state index contributed by atoms with van der Waals surface area (Å²) in [5, 5.41) is 1.23. The van der Waals surface area contributed by atoms with Gasteiger partial charge in [0, 0.05) is 29.4 Å². The molecule has 0 bridgehead atoms. The summed E-state index contributed by atoms with van der Waals surface area (Å²) in [6.45, 7) is 1.02. The molecule has 1 fully saturated rings. The molecule has 20 heavy (non-hydrogen) atoms. The molecule has 1 aliphatic carbocycles. The smallest absolute Gasteiger partial charge is 0.265 e. The van der Waals surface area contributed by atoms with Gasteiger partial charge in [0.05, 0.1) is 0 Å². The first-order valence-corrected chi connectivity index (χ1v) is 7.12. The molecule has 2 aliphatic rings. The summed E-state index contributed by atoms with van der Waals surface area (Å²) < 4.78 is 0. The van der Waals surface area contributed by atoms with Crippen LogP contribution in [0.15, 0.2) is 18.2 Å². The van der Waals surface area contributed by atoms with Gasteiger partial charge in [0.2, 0.25) is 0 Å². The average molecular weight is 268 g/mol. The van der Waals surface area contributed by atoms with E-state index in [0.29, 0.717) is 17.7 Å². The van der Waals surface area contributed by atoms with E-state index in [9.17, 15) is 4.79 Å². The number of nitrogens with one attached hydrogen (secondary N) is 1. The molecule has 2 heterocycles. The Bertz CT molecular complexity index is 703. The van der Waals surface area contributed by atoms with Crippen molar-refractivity contribution in [2.75, 3.05) is 13.6 Å². The first-order chi connectivity index (χ1) is 9.66. The van der Waals surface area contributed by atoms with Gasteiger partial charge < -0.3 is 15.6 Å². The topological polar surface area (TPSA) is 62.1 Å². The predicted octanol–water partition coefficient (Wildman–Crippen LogP) is 1.81. The minimum atomic E-state index is -0.356. The van der Waals surface area contributed by atoms with Gasteiger partial charge in [-0.3, -0.25) is 4.79 Å². The highest BCUT2D eigenvalue weighted by Gasteiger charge is 2.37. The lowest BCUT2D eigenvalue weighted by atomic mass is 9.75. The quantitative estimate of drug-likeness (QED) is 0.828. The van der Waals surface area contributed by atoms with Crippen LogP contribution >= 0.6 is 0 Å². The summed E-state index contributed by atoms with van der Waals surface area (Å²) in [4.78, 5) is 17.3. The van der Waals surface area contributed by atoms with Crippen LogP contribution in [0.4, 0.5) is 0 Å². The van der Waals surface area contributed by atoms with Crippen LogP contribution in [-0.2, 0) is 6.42 Å². The van der Waals surface area contributed by atoms with Crippen LogP contribution in [0.3, 0.4) is 0 Å². The fourth-order valence-corrected chi connectivity index (χ4v) is 3.97. The zero-order chi connectivity index (χ0) is 13.9. The molecule has 1 unspecified atom stereocenters.